The van der Waals surface area contributed by atoms with E-state index >= 15 is 0 Å². The number of pyridine rings is 1. The summed E-state index contributed by atoms with van der Waals surface area (Å²) in [7, 11) is 1.55. The maximum absolute atomic E-state index is 12.4. The van der Waals surface area contributed by atoms with Crippen molar-refractivity contribution in [2.75, 3.05) is 25.6 Å². The summed E-state index contributed by atoms with van der Waals surface area (Å²) in [4.78, 5) is 28.3. The van der Waals surface area contributed by atoms with Crippen LogP contribution in [0.2, 0.25) is 5.02 Å². The number of benzene rings is 1. The van der Waals surface area contributed by atoms with Gasteiger partial charge in [0.25, 0.3) is 11.8 Å². The number of amides is 2. The summed E-state index contributed by atoms with van der Waals surface area (Å²) in [5.74, 6) is -0.674. The Morgan fingerprint density at radius 2 is 1.92 bits per heavy atom. The molecular formula is C17H18ClN3O3. The second-order valence-electron chi connectivity index (χ2n) is 5.08. The van der Waals surface area contributed by atoms with Crippen LogP contribution in [-0.2, 0) is 4.74 Å². The van der Waals surface area contributed by atoms with E-state index in [4.69, 9.17) is 16.3 Å². The van der Waals surface area contributed by atoms with Gasteiger partial charge in [0.15, 0.2) is 0 Å². The first kappa shape index (κ1) is 17.9. The summed E-state index contributed by atoms with van der Waals surface area (Å²) in [6.07, 6.45) is 2.81. The van der Waals surface area contributed by atoms with E-state index in [2.05, 4.69) is 15.6 Å². The predicted molar refractivity (Wildman–Crippen MR) is 92.6 cm³/mol. The van der Waals surface area contributed by atoms with Crippen LogP contribution in [0.25, 0.3) is 0 Å². The number of aromatic nitrogens is 1. The van der Waals surface area contributed by atoms with Gasteiger partial charge in [-0.1, -0.05) is 17.7 Å². The van der Waals surface area contributed by atoms with Gasteiger partial charge in [-0.3, -0.25) is 14.6 Å². The Morgan fingerprint density at radius 3 is 2.62 bits per heavy atom. The number of carbonyl (C=O) groups excluding carboxylic acids is 2. The van der Waals surface area contributed by atoms with Gasteiger partial charge in [0, 0.05) is 36.8 Å². The zero-order valence-electron chi connectivity index (χ0n) is 13.4. The third-order valence-corrected chi connectivity index (χ3v) is 3.78. The zero-order valence-corrected chi connectivity index (χ0v) is 14.2. The number of rotatable bonds is 6. The van der Waals surface area contributed by atoms with Crippen molar-refractivity contribution in [2.45, 2.75) is 6.92 Å². The Kier molecular flexibility index (Phi) is 6.28. The van der Waals surface area contributed by atoms with Gasteiger partial charge < -0.3 is 15.4 Å². The van der Waals surface area contributed by atoms with Crippen molar-refractivity contribution in [3.05, 3.63) is 58.4 Å². The second kappa shape index (κ2) is 8.42. The Hall–Kier alpha value is -2.44. The molecule has 2 N–H and O–H groups in total. The van der Waals surface area contributed by atoms with Gasteiger partial charge in [0.2, 0.25) is 0 Å². The lowest BCUT2D eigenvalue weighted by Crippen LogP contribution is -2.27. The average Bonchev–Trinajstić information content (AvgIpc) is 2.59. The van der Waals surface area contributed by atoms with Gasteiger partial charge in [-0.2, -0.15) is 0 Å². The summed E-state index contributed by atoms with van der Waals surface area (Å²) in [5, 5.41) is 6.02. The minimum atomic E-state index is -0.362. The Labute approximate surface area is 145 Å². The van der Waals surface area contributed by atoms with Crippen molar-refractivity contribution in [1.82, 2.24) is 10.3 Å². The van der Waals surface area contributed by atoms with E-state index in [0.29, 0.717) is 29.4 Å². The summed E-state index contributed by atoms with van der Waals surface area (Å²) in [6.45, 7) is 2.61. The molecule has 0 spiro atoms. The van der Waals surface area contributed by atoms with E-state index in [1.165, 1.54) is 18.5 Å². The van der Waals surface area contributed by atoms with Crippen LogP contribution in [0.3, 0.4) is 0 Å². The molecule has 0 radical (unpaired) electrons. The molecule has 0 unspecified atom stereocenters. The molecule has 2 amide bonds. The first-order valence-corrected chi connectivity index (χ1v) is 7.69. The van der Waals surface area contributed by atoms with Crippen LogP contribution < -0.4 is 10.6 Å². The van der Waals surface area contributed by atoms with E-state index in [-0.39, 0.29) is 17.4 Å². The van der Waals surface area contributed by atoms with Gasteiger partial charge in [-0.25, -0.2) is 0 Å². The lowest BCUT2D eigenvalue weighted by molar-refractivity contribution is 0.0936. The molecule has 1 heterocycles. The largest absolute Gasteiger partial charge is 0.383 e. The summed E-state index contributed by atoms with van der Waals surface area (Å²) in [5.41, 5.74) is 1.98. The Balaban J connectivity index is 2.11. The molecule has 0 aliphatic rings. The van der Waals surface area contributed by atoms with Gasteiger partial charge in [0.1, 0.15) is 0 Å². The molecule has 0 aliphatic carbocycles. The van der Waals surface area contributed by atoms with Crippen molar-refractivity contribution < 1.29 is 14.3 Å². The fraction of sp³-hybridized carbons (Fsp3) is 0.235. The Morgan fingerprint density at radius 1 is 1.21 bits per heavy atom. The summed E-state index contributed by atoms with van der Waals surface area (Å²) in [6, 6.07) is 6.75. The molecule has 7 heteroatoms. The van der Waals surface area contributed by atoms with Crippen molar-refractivity contribution in [3.63, 3.8) is 0 Å². The fourth-order valence-electron chi connectivity index (χ4n) is 1.99. The highest BCUT2D eigenvalue weighted by atomic mass is 35.5. The molecule has 0 saturated carbocycles. The first-order chi connectivity index (χ1) is 11.5. The van der Waals surface area contributed by atoms with Crippen molar-refractivity contribution in [3.8, 4) is 0 Å². The van der Waals surface area contributed by atoms with E-state index in [1.54, 1.807) is 25.3 Å². The molecule has 24 heavy (non-hydrogen) atoms. The number of halogens is 1. The number of hydrogen-bond donors (Lipinski definition) is 2. The predicted octanol–water partition coefficient (Wildman–Crippen LogP) is 2.67. The van der Waals surface area contributed by atoms with Crippen LogP contribution in [0.15, 0.2) is 36.7 Å². The minimum absolute atomic E-state index is 0.286. The monoisotopic (exact) mass is 347 g/mol. The van der Waals surface area contributed by atoms with E-state index in [0.717, 1.165) is 5.56 Å². The van der Waals surface area contributed by atoms with E-state index < -0.39 is 0 Å². The van der Waals surface area contributed by atoms with Gasteiger partial charge >= 0.3 is 0 Å². The Bertz CT molecular complexity index is 750. The zero-order chi connectivity index (χ0) is 17.5. The molecule has 2 aromatic rings. The maximum atomic E-state index is 12.4. The van der Waals surface area contributed by atoms with Crippen molar-refractivity contribution in [2.24, 2.45) is 0 Å². The van der Waals surface area contributed by atoms with Gasteiger partial charge in [-0.05, 0) is 30.7 Å². The van der Waals surface area contributed by atoms with Gasteiger partial charge in [0.05, 0.1) is 17.7 Å². The summed E-state index contributed by atoms with van der Waals surface area (Å²) < 4.78 is 4.87. The number of nitrogens with zero attached hydrogens (tertiary/aromatic N) is 1. The standard InChI is InChI=1S/C17H18ClN3O3/c1-11-14(18)4-3-5-15(11)21-17(23)13-8-12(9-19-10-13)16(22)20-6-7-24-2/h3-5,8-10H,6-7H2,1-2H3,(H,20,22)(H,21,23). The molecule has 0 atom stereocenters. The lowest BCUT2D eigenvalue weighted by atomic mass is 10.1. The number of nitrogens with one attached hydrogen (secondary N) is 2. The van der Waals surface area contributed by atoms with Crippen molar-refractivity contribution in [1.29, 1.82) is 0 Å². The fourth-order valence-corrected chi connectivity index (χ4v) is 2.17. The average molecular weight is 348 g/mol. The van der Waals surface area contributed by atoms with Gasteiger partial charge in [-0.15, -0.1) is 0 Å². The normalized spacial score (nSPS) is 10.3. The van der Waals surface area contributed by atoms with Crippen LogP contribution in [0.1, 0.15) is 26.3 Å². The molecule has 2 rings (SSSR count). The molecular weight excluding hydrogens is 330 g/mol. The number of ether oxygens (including phenoxy) is 1. The molecule has 6 nitrogen and oxygen atoms in total. The quantitative estimate of drug-likeness (QED) is 0.787. The van der Waals surface area contributed by atoms with Crippen LogP contribution in [0.4, 0.5) is 5.69 Å². The number of hydrogen-bond acceptors (Lipinski definition) is 4. The molecule has 1 aromatic carbocycles. The van der Waals surface area contributed by atoms with Crippen LogP contribution >= 0.6 is 11.6 Å². The van der Waals surface area contributed by atoms with Crippen LogP contribution in [-0.4, -0.2) is 37.1 Å². The third-order valence-electron chi connectivity index (χ3n) is 3.37. The molecule has 0 saturated heterocycles. The maximum Gasteiger partial charge on any atom is 0.257 e. The molecule has 0 aliphatic heterocycles. The summed E-state index contributed by atoms with van der Waals surface area (Å²) >= 11 is 6.04. The number of anilines is 1. The van der Waals surface area contributed by atoms with Crippen molar-refractivity contribution >= 4 is 29.1 Å². The SMILES string of the molecule is COCCNC(=O)c1cncc(C(=O)Nc2cccc(Cl)c2C)c1. The third kappa shape index (κ3) is 4.53. The first-order valence-electron chi connectivity index (χ1n) is 7.31. The smallest absolute Gasteiger partial charge is 0.257 e. The topological polar surface area (TPSA) is 80.3 Å². The molecule has 0 fully saturated rings. The minimum Gasteiger partial charge on any atom is -0.383 e. The lowest BCUT2D eigenvalue weighted by Gasteiger charge is -2.10. The van der Waals surface area contributed by atoms with Crippen LogP contribution in [0, 0.1) is 6.92 Å². The van der Waals surface area contributed by atoms with E-state index in [9.17, 15) is 9.59 Å². The van der Waals surface area contributed by atoms with Crippen LogP contribution in [0.5, 0.6) is 0 Å². The second-order valence-corrected chi connectivity index (χ2v) is 5.48. The highest BCUT2D eigenvalue weighted by Gasteiger charge is 2.13. The highest BCUT2D eigenvalue weighted by molar-refractivity contribution is 6.31. The molecule has 1 aromatic heterocycles. The highest BCUT2D eigenvalue weighted by Crippen LogP contribution is 2.23. The number of carbonyl (C=O) groups is 2. The molecule has 0 bridgehead atoms. The van der Waals surface area contributed by atoms with E-state index in [1.807, 2.05) is 6.92 Å². The molecule has 126 valence electrons. The number of methoxy groups -OCH3 is 1.